The molecule has 1 heterocycles. The Morgan fingerprint density at radius 3 is 2.80 bits per heavy atom. The van der Waals surface area contributed by atoms with Gasteiger partial charge in [0.05, 0.1) is 7.11 Å². The van der Waals surface area contributed by atoms with Crippen LogP contribution >= 0.6 is 11.6 Å². The summed E-state index contributed by atoms with van der Waals surface area (Å²) in [5.41, 5.74) is 0. The van der Waals surface area contributed by atoms with E-state index in [1.807, 2.05) is 11.9 Å². The van der Waals surface area contributed by atoms with Gasteiger partial charge in [0, 0.05) is 13.6 Å². The molecule has 0 unspecified atom stereocenters. The Hall–Kier alpha value is -1.03. The quantitative estimate of drug-likeness (QED) is 0.727. The third kappa shape index (κ3) is 2.96. The summed E-state index contributed by atoms with van der Waals surface area (Å²) in [6.45, 7) is 3.08. The molecule has 0 bridgehead atoms. The molecule has 0 amide bonds. The molecule has 5 heteroatoms. The van der Waals surface area contributed by atoms with Gasteiger partial charge in [-0.2, -0.15) is 0 Å². The first-order chi connectivity index (χ1) is 7.20. The van der Waals surface area contributed by atoms with Crippen LogP contribution in [0.4, 0.5) is 5.82 Å². The largest absolute Gasteiger partial charge is 0.490 e. The van der Waals surface area contributed by atoms with E-state index >= 15 is 0 Å². The van der Waals surface area contributed by atoms with Crippen molar-refractivity contribution in [3.63, 3.8) is 0 Å². The molecule has 0 aromatic carbocycles. The van der Waals surface area contributed by atoms with Gasteiger partial charge < -0.3 is 9.64 Å². The van der Waals surface area contributed by atoms with Gasteiger partial charge in [-0.3, -0.25) is 0 Å². The minimum Gasteiger partial charge on any atom is -0.490 e. The number of unbranched alkanes of at least 4 members (excludes halogenated alkanes) is 1. The lowest BCUT2D eigenvalue weighted by molar-refractivity contribution is 0.411. The third-order valence-electron chi connectivity index (χ3n) is 2.15. The second kappa shape index (κ2) is 5.75. The Kier molecular flexibility index (Phi) is 4.62. The van der Waals surface area contributed by atoms with Crippen LogP contribution in [0.15, 0.2) is 6.33 Å². The van der Waals surface area contributed by atoms with E-state index in [2.05, 4.69) is 16.9 Å². The maximum atomic E-state index is 5.90. The van der Waals surface area contributed by atoms with Crippen molar-refractivity contribution >= 4 is 17.4 Å². The van der Waals surface area contributed by atoms with Crippen LogP contribution in [0.3, 0.4) is 0 Å². The van der Waals surface area contributed by atoms with Gasteiger partial charge in [-0.25, -0.2) is 9.97 Å². The second-order valence-electron chi connectivity index (χ2n) is 3.30. The number of hydrogen-bond donors (Lipinski definition) is 0. The predicted octanol–water partition coefficient (Wildman–Crippen LogP) is 2.37. The predicted molar refractivity (Wildman–Crippen MR) is 61.8 cm³/mol. The molecule has 1 rings (SSSR count). The molecule has 1 aromatic heterocycles. The monoisotopic (exact) mass is 229 g/mol. The SMILES string of the molecule is CCCCN(C)c1ncnc(Cl)c1OC. The number of methoxy groups -OCH3 is 1. The molecule has 84 valence electrons. The fourth-order valence-electron chi connectivity index (χ4n) is 1.29. The number of anilines is 1. The first-order valence-electron chi connectivity index (χ1n) is 4.96. The molecule has 0 aliphatic heterocycles. The summed E-state index contributed by atoms with van der Waals surface area (Å²) in [5, 5.41) is 0.353. The van der Waals surface area contributed by atoms with Gasteiger partial charge in [0.15, 0.2) is 16.7 Å². The summed E-state index contributed by atoms with van der Waals surface area (Å²) in [6, 6.07) is 0. The van der Waals surface area contributed by atoms with Gasteiger partial charge in [0.1, 0.15) is 6.33 Å². The van der Waals surface area contributed by atoms with E-state index < -0.39 is 0 Å². The summed E-state index contributed by atoms with van der Waals surface area (Å²) < 4.78 is 5.18. The van der Waals surface area contributed by atoms with Crippen LogP contribution in [0, 0.1) is 0 Å². The Labute approximate surface area is 95.2 Å². The zero-order chi connectivity index (χ0) is 11.3. The number of ether oxygens (including phenoxy) is 1. The lowest BCUT2D eigenvalue weighted by atomic mass is 10.3. The van der Waals surface area contributed by atoms with Crippen molar-refractivity contribution < 1.29 is 4.74 Å². The first-order valence-corrected chi connectivity index (χ1v) is 5.34. The van der Waals surface area contributed by atoms with Crippen LogP contribution in [-0.2, 0) is 0 Å². The molecule has 4 nitrogen and oxygen atoms in total. The highest BCUT2D eigenvalue weighted by atomic mass is 35.5. The Balaban J connectivity index is 2.87. The van der Waals surface area contributed by atoms with Gasteiger partial charge in [-0.05, 0) is 6.42 Å². The number of halogens is 1. The van der Waals surface area contributed by atoms with Crippen molar-refractivity contribution in [2.45, 2.75) is 19.8 Å². The lowest BCUT2D eigenvalue weighted by Crippen LogP contribution is -2.20. The van der Waals surface area contributed by atoms with Gasteiger partial charge >= 0.3 is 0 Å². The molecule has 15 heavy (non-hydrogen) atoms. The van der Waals surface area contributed by atoms with Crippen LogP contribution in [0.2, 0.25) is 5.15 Å². The Morgan fingerprint density at radius 1 is 1.47 bits per heavy atom. The summed E-state index contributed by atoms with van der Waals surface area (Å²) in [6.07, 6.45) is 3.70. The minimum absolute atomic E-state index is 0.353. The number of hydrogen-bond acceptors (Lipinski definition) is 4. The summed E-state index contributed by atoms with van der Waals surface area (Å²) in [4.78, 5) is 10.1. The molecular weight excluding hydrogens is 214 g/mol. The molecule has 1 aromatic rings. The minimum atomic E-state index is 0.353. The molecule has 0 saturated heterocycles. The van der Waals surface area contributed by atoms with Gasteiger partial charge in [0.2, 0.25) is 0 Å². The average molecular weight is 230 g/mol. The standard InChI is InChI=1S/C10H16ClN3O/c1-4-5-6-14(2)10-8(15-3)9(11)12-7-13-10/h7H,4-6H2,1-3H3. The van der Waals surface area contributed by atoms with Crippen LogP contribution in [0.1, 0.15) is 19.8 Å². The summed E-state index contributed by atoms with van der Waals surface area (Å²) >= 11 is 5.90. The van der Waals surface area contributed by atoms with Crippen LogP contribution in [-0.4, -0.2) is 30.7 Å². The lowest BCUT2D eigenvalue weighted by Gasteiger charge is -2.19. The highest BCUT2D eigenvalue weighted by Crippen LogP contribution is 2.30. The van der Waals surface area contributed by atoms with Crippen molar-refractivity contribution in [3.8, 4) is 5.75 Å². The van der Waals surface area contributed by atoms with Crippen LogP contribution in [0.5, 0.6) is 5.75 Å². The molecule has 0 aliphatic rings. The molecule has 0 saturated carbocycles. The van der Waals surface area contributed by atoms with Gasteiger partial charge in [0.25, 0.3) is 0 Å². The van der Waals surface area contributed by atoms with Gasteiger partial charge in [-0.1, -0.05) is 24.9 Å². The van der Waals surface area contributed by atoms with E-state index in [0.717, 1.165) is 25.2 Å². The zero-order valence-corrected chi connectivity index (χ0v) is 10.1. The first kappa shape index (κ1) is 12.0. The fraction of sp³-hybridized carbons (Fsp3) is 0.600. The maximum Gasteiger partial charge on any atom is 0.199 e. The van der Waals surface area contributed by atoms with E-state index in [1.54, 1.807) is 7.11 Å². The Bertz CT molecular complexity index is 320. The normalized spacial score (nSPS) is 10.1. The third-order valence-corrected chi connectivity index (χ3v) is 2.42. The van der Waals surface area contributed by atoms with Crippen molar-refractivity contribution in [2.24, 2.45) is 0 Å². The molecular formula is C10H16ClN3O. The number of aromatic nitrogens is 2. The molecule has 0 spiro atoms. The second-order valence-corrected chi connectivity index (χ2v) is 3.65. The Morgan fingerprint density at radius 2 is 2.20 bits per heavy atom. The van der Waals surface area contributed by atoms with E-state index in [1.165, 1.54) is 6.33 Å². The number of nitrogens with zero attached hydrogens (tertiary/aromatic N) is 3. The zero-order valence-electron chi connectivity index (χ0n) is 9.33. The topological polar surface area (TPSA) is 38.2 Å². The van der Waals surface area contributed by atoms with E-state index in [0.29, 0.717) is 10.9 Å². The van der Waals surface area contributed by atoms with Crippen molar-refractivity contribution in [3.05, 3.63) is 11.5 Å². The van der Waals surface area contributed by atoms with E-state index in [-0.39, 0.29) is 0 Å². The summed E-state index contributed by atoms with van der Waals surface area (Å²) in [7, 11) is 3.54. The smallest absolute Gasteiger partial charge is 0.199 e. The molecule has 0 N–H and O–H groups in total. The molecule has 0 fully saturated rings. The molecule has 0 aliphatic carbocycles. The van der Waals surface area contributed by atoms with Crippen molar-refractivity contribution in [1.82, 2.24) is 9.97 Å². The van der Waals surface area contributed by atoms with Crippen molar-refractivity contribution in [2.75, 3.05) is 25.6 Å². The van der Waals surface area contributed by atoms with E-state index in [9.17, 15) is 0 Å². The van der Waals surface area contributed by atoms with Gasteiger partial charge in [-0.15, -0.1) is 0 Å². The molecule has 0 atom stereocenters. The average Bonchev–Trinajstić information content (AvgIpc) is 2.25. The number of rotatable bonds is 5. The van der Waals surface area contributed by atoms with Crippen LogP contribution in [0.25, 0.3) is 0 Å². The highest BCUT2D eigenvalue weighted by molar-refractivity contribution is 6.31. The molecule has 0 radical (unpaired) electrons. The van der Waals surface area contributed by atoms with Crippen molar-refractivity contribution in [1.29, 1.82) is 0 Å². The highest BCUT2D eigenvalue weighted by Gasteiger charge is 2.13. The van der Waals surface area contributed by atoms with E-state index in [4.69, 9.17) is 16.3 Å². The maximum absolute atomic E-state index is 5.90. The fourth-order valence-corrected chi connectivity index (χ4v) is 1.50. The van der Waals surface area contributed by atoms with Crippen LogP contribution < -0.4 is 9.64 Å². The summed E-state index contributed by atoms with van der Waals surface area (Å²) in [5.74, 6) is 1.28.